The molecule has 0 aromatic heterocycles. The molecule has 134 valence electrons. The first-order valence-corrected chi connectivity index (χ1v) is 8.57. The minimum atomic E-state index is -0.574. The Labute approximate surface area is 141 Å². The summed E-state index contributed by atoms with van der Waals surface area (Å²) < 4.78 is 5.53. The van der Waals surface area contributed by atoms with Gasteiger partial charge in [-0.1, -0.05) is 27.7 Å². The minimum absolute atomic E-state index is 0.0303. The number of carbonyl (C=O) groups excluding carboxylic acids is 2. The van der Waals surface area contributed by atoms with Crippen molar-refractivity contribution in [3.8, 4) is 0 Å². The summed E-state index contributed by atoms with van der Waals surface area (Å²) in [7, 11) is 0. The van der Waals surface area contributed by atoms with Crippen LogP contribution >= 0.6 is 0 Å². The lowest BCUT2D eigenvalue weighted by Gasteiger charge is -2.51. The lowest BCUT2D eigenvalue weighted by molar-refractivity contribution is -0.136. The second kappa shape index (κ2) is 6.70. The normalized spacial score (nSPS) is 27.7. The average molecular weight is 326 g/mol. The Bertz CT molecular complexity index is 452. The molecule has 0 spiro atoms. The van der Waals surface area contributed by atoms with Crippen LogP contribution in [-0.4, -0.2) is 41.1 Å². The fourth-order valence-electron chi connectivity index (χ4n) is 3.02. The molecule has 0 saturated carbocycles. The van der Waals surface area contributed by atoms with Crippen LogP contribution in [0.1, 0.15) is 62.3 Å². The van der Waals surface area contributed by atoms with Crippen molar-refractivity contribution >= 4 is 12.0 Å². The number of hydrogen-bond donors (Lipinski definition) is 1. The number of nitrogens with one attached hydrogen (secondary N) is 1. The molecule has 1 saturated heterocycles. The maximum absolute atomic E-state index is 12.7. The third-order valence-corrected chi connectivity index (χ3v) is 5.05. The van der Waals surface area contributed by atoms with Crippen LogP contribution in [0.3, 0.4) is 0 Å². The highest BCUT2D eigenvalue weighted by Gasteiger charge is 2.50. The number of amides is 2. The van der Waals surface area contributed by atoms with E-state index in [9.17, 15) is 9.59 Å². The molecule has 1 fully saturated rings. The van der Waals surface area contributed by atoms with Crippen molar-refractivity contribution in [2.75, 3.05) is 6.54 Å². The third-order valence-electron chi connectivity index (χ3n) is 5.05. The topological polar surface area (TPSA) is 58.6 Å². The fraction of sp³-hybridized carbons (Fsp3) is 0.889. The van der Waals surface area contributed by atoms with Crippen molar-refractivity contribution in [2.24, 2.45) is 17.3 Å². The van der Waals surface area contributed by atoms with Crippen LogP contribution in [0, 0.1) is 17.3 Å². The van der Waals surface area contributed by atoms with Gasteiger partial charge in [0.25, 0.3) is 0 Å². The quantitative estimate of drug-likeness (QED) is 0.846. The van der Waals surface area contributed by atoms with Gasteiger partial charge in [-0.05, 0) is 51.9 Å². The Hall–Kier alpha value is -1.26. The number of nitrogens with zero attached hydrogens (tertiary/aromatic N) is 1. The summed E-state index contributed by atoms with van der Waals surface area (Å²) >= 11 is 0. The molecule has 1 aliphatic rings. The first-order valence-electron chi connectivity index (χ1n) is 8.57. The molecule has 3 unspecified atom stereocenters. The van der Waals surface area contributed by atoms with Crippen LogP contribution in [0.4, 0.5) is 4.79 Å². The van der Waals surface area contributed by atoms with Gasteiger partial charge in [0.05, 0.1) is 0 Å². The van der Waals surface area contributed by atoms with Gasteiger partial charge in [-0.25, -0.2) is 4.79 Å². The molecule has 0 aliphatic carbocycles. The molecule has 23 heavy (non-hydrogen) atoms. The van der Waals surface area contributed by atoms with Crippen molar-refractivity contribution < 1.29 is 14.3 Å². The molecule has 1 N–H and O–H groups in total. The summed E-state index contributed by atoms with van der Waals surface area (Å²) in [6, 6.07) is -0.462. The fourth-order valence-corrected chi connectivity index (χ4v) is 3.02. The van der Waals surface area contributed by atoms with E-state index < -0.39 is 17.7 Å². The van der Waals surface area contributed by atoms with Crippen molar-refractivity contribution in [3.05, 3.63) is 0 Å². The summed E-state index contributed by atoms with van der Waals surface area (Å²) in [6.45, 7) is 18.4. The van der Waals surface area contributed by atoms with E-state index in [1.807, 2.05) is 34.6 Å². The van der Waals surface area contributed by atoms with Crippen molar-refractivity contribution in [3.63, 3.8) is 0 Å². The molecule has 5 heteroatoms. The average Bonchev–Trinajstić information content (AvgIpc) is 2.32. The third kappa shape index (κ3) is 4.61. The van der Waals surface area contributed by atoms with Crippen LogP contribution in [0.15, 0.2) is 0 Å². The van der Waals surface area contributed by atoms with Crippen molar-refractivity contribution in [2.45, 2.75) is 80.0 Å². The van der Waals surface area contributed by atoms with E-state index in [1.54, 1.807) is 4.90 Å². The molecular formula is C18H34N2O3. The molecular weight excluding hydrogens is 292 g/mol. The van der Waals surface area contributed by atoms with Crippen LogP contribution in [0.25, 0.3) is 0 Å². The molecule has 0 bridgehead atoms. The van der Waals surface area contributed by atoms with E-state index in [0.29, 0.717) is 6.54 Å². The zero-order valence-corrected chi connectivity index (χ0v) is 16.2. The summed E-state index contributed by atoms with van der Waals surface area (Å²) in [5.74, 6) is 0.226. The Morgan fingerprint density at radius 2 is 1.74 bits per heavy atom. The van der Waals surface area contributed by atoms with E-state index in [1.165, 1.54) is 0 Å². The molecule has 1 rings (SSSR count). The predicted molar refractivity (Wildman–Crippen MR) is 92.1 cm³/mol. The van der Waals surface area contributed by atoms with Gasteiger partial charge in [0.2, 0.25) is 5.91 Å². The highest BCUT2D eigenvalue weighted by molar-refractivity contribution is 5.86. The van der Waals surface area contributed by atoms with Gasteiger partial charge in [0.1, 0.15) is 11.6 Å². The Morgan fingerprint density at radius 1 is 1.22 bits per heavy atom. The standard InChI is InChI=1S/C18H34N2O3/c1-11(2)19-15(21)14-13(4)18(8,9)12(3)10-20(14)16(22)23-17(5,6)7/h11-14H,10H2,1-9H3,(H,19,21). The second-order valence-electron chi connectivity index (χ2n) is 8.75. The number of piperidine rings is 1. The molecule has 0 aromatic carbocycles. The van der Waals surface area contributed by atoms with Gasteiger partial charge >= 0.3 is 6.09 Å². The Kier molecular flexibility index (Phi) is 5.76. The molecule has 1 heterocycles. The van der Waals surface area contributed by atoms with Gasteiger partial charge in [-0.3, -0.25) is 9.69 Å². The van der Waals surface area contributed by atoms with E-state index in [-0.39, 0.29) is 29.2 Å². The number of carbonyl (C=O) groups is 2. The maximum atomic E-state index is 12.7. The first kappa shape index (κ1) is 19.8. The van der Waals surface area contributed by atoms with Crippen LogP contribution in [-0.2, 0) is 9.53 Å². The zero-order chi connectivity index (χ0) is 18.2. The van der Waals surface area contributed by atoms with Crippen LogP contribution < -0.4 is 5.32 Å². The van der Waals surface area contributed by atoms with E-state index in [0.717, 1.165) is 0 Å². The maximum Gasteiger partial charge on any atom is 0.410 e. The number of rotatable bonds is 2. The summed E-state index contributed by atoms with van der Waals surface area (Å²) in [5, 5.41) is 2.95. The van der Waals surface area contributed by atoms with Gasteiger partial charge in [-0.2, -0.15) is 0 Å². The van der Waals surface area contributed by atoms with E-state index >= 15 is 0 Å². The lowest BCUT2D eigenvalue weighted by atomic mass is 9.64. The highest BCUT2D eigenvalue weighted by Crippen LogP contribution is 2.43. The SMILES string of the molecule is CC(C)NC(=O)C1C(C)C(C)(C)C(C)CN1C(=O)OC(C)(C)C. The van der Waals surface area contributed by atoms with Crippen LogP contribution in [0.2, 0.25) is 0 Å². The van der Waals surface area contributed by atoms with Crippen molar-refractivity contribution in [1.82, 2.24) is 10.2 Å². The molecule has 0 radical (unpaired) electrons. The van der Waals surface area contributed by atoms with Crippen molar-refractivity contribution in [1.29, 1.82) is 0 Å². The Balaban J connectivity index is 3.13. The summed E-state index contributed by atoms with van der Waals surface area (Å²) in [6.07, 6.45) is -0.407. The van der Waals surface area contributed by atoms with Gasteiger partial charge in [0.15, 0.2) is 0 Å². The summed E-state index contributed by atoms with van der Waals surface area (Å²) in [4.78, 5) is 27.0. The van der Waals surface area contributed by atoms with Gasteiger partial charge in [-0.15, -0.1) is 0 Å². The smallest absolute Gasteiger partial charge is 0.410 e. The monoisotopic (exact) mass is 326 g/mol. The van der Waals surface area contributed by atoms with Gasteiger partial charge in [0, 0.05) is 12.6 Å². The number of hydrogen-bond acceptors (Lipinski definition) is 3. The highest BCUT2D eigenvalue weighted by atomic mass is 16.6. The second-order valence-corrected chi connectivity index (χ2v) is 8.75. The minimum Gasteiger partial charge on any atom is -0.444 e. The molecule has 0 aromatic rings. The lowest BCUT2D eigenvalue weighted by Crippen LogP contribution is -2.63. The molecule has 3 atom stereocenters. The van der Waals surface area contributed by atoms with Gasteiger partial charge < -0.3 is 10.1 Å². The number of likely N-dealkylation sites (tertiary alicyclic amines) is 1. The largest absolute Gasteiger partial charge is 0.444 e. The molecule has 1 aliphatic heterocycles. The zero-order valence-electron chi connectivity index (χ0n) is 16.2. The van der Waals surface area contributed by atoms with E-state index in [2.05, 4.69) is 33.0 Å². The predicted octanol–water partition coefficient (Wildman–Crippen LogP) is 3.43. The molecule has 5 nitrogen and oxygen atoms in total. The summed E-state index contributed by atoms with van der Waals surface area (Å²) in [5.41, 5.74) is -0.604. The first-order chi connectivity index (χ1) is 10.3. The number of ether oxygens (including phenoxy) is 1. The van der Waals surface area contributed by atoms with Crippen LogP contribution in [0.5, 0.6) is 0 Å². The molecule has 2 amide bonds. The Morgan fingerprint density at radius 3 is 2.17 bits per heavy atom. The van der Waals surface area contributed by atoms with E-state index in [4.69, 9.17) is 4.74 Å².